The molecule has 0 radical (unpaired) electrons. The van der Waals surface area contributed by atoms with Crippen molar-refractivity contribution in [2.45, 2.75) is 23.9 Å². The molecule has 0 amide bonds. The Labute approximate surface area is 186 Å². The third kappa shape index (κ3) is 5.23. The number of alkyl halides is 2. The van der Waals surface area contributed by atoms with Crippen LogP contribution in [0.1, 0.15) is 16.3 Å². The van der Waals surface area contributed by atoms with Crippen molar-refractivity contribution in [2.24, 2.45) is 0 Å². The lowest BCUT2D eigenvalue weighted by molar-refractivity contribution is -0.0512. The monoisotopic (exact) mass is 459 g/mol. The second kappa shape index (κ2) is 9.93. The van der Waals surface area contributed by atoms with Gasteiger partial charge in [-0.3, -0.25) is 4.57 Å². The average molecular weight is 460 g/mol. The average Bonchev–Trinajstić information content (AvgIpc) is 3.43. The zero-order valence-corrected chi connectivity index (χ0v) is 18.2. The number of ether oxygens (including phenoxy) is 2. The van der Waals surface area contributed by atoms with E-state index in [1.165, 1.54) is 29.8 Å². The predicted molar refractivity (Wildman–Crippen MR) is 118 cm³/mol. The highest BCUT2D eigenvalue weighted by molar-refractivity contribution is 7.98. The molecule has 5 nitrogen and oxygen atoms in total. The fourth-order valence-corrected chi connectivity index (χ4v) is 4.67. The van der Waals surface area contributed by atoms with Crippen molar-refractivity contribution in [1.29, 1.82) is 0 Å². The summed E-state index contributed by atoms with van der Waals surface area (Å²) < 4.78 is 36.8. The zero-order valence-electron chi connectivity index (χ0n) is 16.6. The fraction of sp³-hybridized carbons (Fsp3) is 0.182. The maximum atomic E-state index is 12.6. The van der Waals surface area contributed by atoms with Crippen LogP contribution in [0.2, 0.25) is 0 Å². The Hall–Kier alpha value is -2.91. The molecule has 0 unspecified atom stereocenters. The van der Waals surface area contributed by atoms with Gasteiger partial charge in [0.1, 0.15) is 5.82 Å². The van der Waals surface area contributed by atoms with E-state index in [1.54, 1.807) is 23.5 Å². The second-order valence-corrected chi connectivity index (χ2v) is 8.45. The van der Waals surface area contributed by atoms with Crippen LogP contribution in [-0.4, -0.2) is 28.5 Å². The molecule has 0 saturated heterocycles. The SMILES string of the molecule is COc1cc(CSc2nnc(Cc3cccs3)n2-c2ccccc2)ccc1OC(F)F. The number of rotatable bonds is 9. The molecule has 0 saturated carbocycles. The third-order valence-electron chi connectivity index (χ3n) is 4.44. The molecule has 0 aliphatic rings. The lowest BCUT2D eigenvalue weighted by Gasteiger charge is -2.12. The standard InChI is InChI=1S/C22H19F2N3O2S2/c1-28-19-12-15(9-10-18(19)29-21(23)24)14-31-22-26-25-20(13-17-8-5-11-30-17)27(22)16-6-3-2-4-7-16/h2-12,21H,13-14H2,1H3. The van der Waals surface area contributed by atoms with E-state index in [4.69, 9.17) is 4.74 Å². The lowest BCUT2D eigenvalue weighted by atomic mass is 10.2. The number of aromatic nitrogens is 3. The van der Waals surface area contributed by atoms with Crippen LogP contribution in [0.5, 0.6) is 11.5 Å². The summed E-state index contributed by atoms with van der Waals surface area (Å²) in [5, 5.41) is 11.6. The van der Waals surface area contributed by atoms with Crippen LogP contribution in [0.15, 0.2) is 71.2 Å². The minimum atomic E-state index is -2.90. The second-order valence-electron chi connectivity index (χ2n) is 6.48. The molecule has 0 N–H and O–H groups in total. The van der Waals surface area contributed by atoms with Gasteiger partial charge in [0.05, 0.1) is 7.11 Å². The van der Waals surface area contributed by atoms with Gasteiger partial charge in [0.25, 0.3) is 0 Å². The van der Waals surface area contributed by atoms with Gasteiger partial charge < -0.3 is 9.47 Å². The van der Waals surface area contributed by atoms with Crippen LogP contribution in [0, 0.1) is 0 Å². The maximum absolute atomic E-state index is 12.6. The molecule has 4 aromatic rings. The molecule has 9 heteroatoms. The molecule has 0 spiro atoms. The summed E-state index contributed by atoms with van der Waals surface area (Å²) in [7, 11) is 1.42. The quantitative estimate of drug-likeness (QED) is 0.295. The highest BCUT2D eigenvalue weighted by atomic mass is 32.2. The van der Waals surface area contributed by atoms with Crippen molar-refractivity contribution in [1.82, 2.24) is 14.8 Å². The molecule has 4 rings (SSSR count). The first-order valence-electron chi connectivity index (χ1n) is 9.40. The van der Waals surface area contributed by atoms with Crippen molar-refractivity contribution in [3.8, 4) is 17.2 Å². The smallest absolute Gasteiger partial charge is 0.387 e. The number of benzene rings is 2. The van der Waals surface area contributed by atoms with Crippen molar-refractivity contribution >= 4 is 23.1 Å². The predicted octanol–water partition coefficient (Wildman–Crippen LogP) is 5.82. The molecule has 0 aliphatic heterocycles. The van der Waals surface area contributed by atoms with E-state index in [1.807, 2.05) is 41.8 Å². The van der Waals surface area contributed by atoms with Gasteiger partial charge in [-0.25, -0.2) is 0 Å². The van der Waals surface area contributed by atoms with Crippen LogP contribution >= 0.6 is 23.1 Å². The Morgan fingerprint density at radius 3 is 2.58 bits per heavy atom. The largest absolute Gasteiger partial charge is 0.493 e. The van der Waals surface area contributed by atoms with Crippen LogP contribution in [0.25, 0.3) is 5.69 Å². The minimum absolute atomic E-state index is 0.0111. The van der Waals surface area contributed by atoms with Gasteiger partial charge in [0.2, 0.25) is 0 Å². The van der Waals surface area contributed by atoms with Crippen LogP contribution in [0.3, 0.4) is 0 Å². The Kier molecular flexibility index (Phi) is 6.83. The molecular weight excluding hydrogens is 440 g/mol. The molecule has 0 aliphatic carbocycles. The van der Waals surface area contributed by atoms with Crippen LogP contribution in [-0.2, 0) is 12.2 Å². The number of methoxy groups -OCH3 is 1. The van der Waals surface area contributed by atoms with Crippen molar-refractivity contribution in [2.75, 3.05) is 7.11 Å². The zero-order chi connectivity index (χ0) is 21.6. The summed E-state index contributed by atoms with van der Waals surface area (Å²) in [4.78, 5) is 1.21. The summed E-state index contributed by atoms with van der Waals surface area (Å²) in [5.74, 6) is 1.70. The minimum Gasteiger partial charge on any atom is -0.493 e. The topological polar surface area (TPSA) is 49.2 Å². The number of hydrogen-bond donors (Lipinski definition) is 0. The van der Waals surface area contributed by atoms with Gasteiger partial charge >= 0.3 is 6.61 Å². The summed E-state index contributed by atoms with van der Waals surface area (Å²) in [6.07, 6.45) is 0.688. The molecule has 2 heterocycles. The first-order valence-corrected chi connectivity index (χ1v) is 11.3. The number of nitrogens with zero attached hydrogens (tertiary/aromatic N) is 3. The highest BCUT2D eigenvalue weighted by Gasteiger charge is 2.16. The lowest BCUT2D eigenvalue weighted by Crippen LogP contribution is -2.04. The number of thioether (sulfide) groups is 1. The first-order chi connectivity index (χ1) is 15.1. The number of hydrogen-bond acceptors (Lipinski definition) is 6. The van der Waals surface area contributed by atoms with Gasteiger partial charge in [-0.2, -0.15) is 8.78 Å². The molecule has 160 valence electrons. The molecule has 2 aromatic heterocycles. The van der Waals surface area contributed by atoms with Crippen molar-refractivity contribution in [3.05, 3.63) is 82.3 Å². The number of thiophene rings is 1. The maximum Gasteiger partial charge on any atom is 0.387 e. The Bertz CT molecular complexity index is 1120. The molecular formula is C22H19F2N3O2S2. The van der Waals surface area contributed by atoms with E-state index in [9.17, 15) is 8.78 Å². The Morgan fingerprint density at radius 2 is 1.87 bits per heavy atom. The highest BCUT2D eigenvalue weighted by Crippen LogP contribution is 2.32. The van der Waals surface area contributed by atoms with Gasteiger partial charge in [0, 0.05) is 22.7 Å². The van der Waals surface area contributed by atoms with E-state index < -0.39 is 6.61 Å². The molecule has 0 fully saturated rings. The number of halogens is 2. The van der Waals surface area contributed by atoms with Gasteiger partial charge in [0.15, 0.2) is 16.7 Å². The molecule has 31 heavy (non-hydrogen) atoms. The summed E-state index contributed by atoms with van der Waals surface area (Å²) in [6, 6.07) is 19.0. The van der Waals surface area contributed by atoms with E-state index in [0.717, 1.165) is 22.2 Å². The fourth-order valence-electron chi connectivity index (χ4n) is 3.06. The van der Waals surface area contributed by atoms with E-state index in [0.29, 0.717) is 12.2 Å². The molecule has 0 atom stereocenters. The van der Waals surface area contributed by atoms with Gasteiger partial charge in [-0.15, -0.1) is 21.5 Å². The molecule has 0 bridgehead atoms. The van der Waals surface area contributed by atoms with Gasteiger partial charge in [-0.05, 0) is 41.3 Å². The summed E-state index contributed by atoms with van der Waals surface area (Å²) >= 11 is 3.20. The number of para-hydroxylation sites is 1. The summed E-state index contributed by atoms with van der Waals surface area (Å²) in [6.45, 7) is -2.90. The first kappa shape index (κ1) is 21.3. The Balaban J connectivity index is 1.58. The van der Waals surface area contributed by atoms with E-state index >= 15 is 0 Å². The van der Waals surface area contributed by atoms with Gasteiger partial charge in [-0.1, -0.05) is 42.1 Å². The van der Waals surface area contributed by atoms with Crippen LogP contribution in [0.4, 0.5) is 8.78 Å². The molecule has 2 aromatic carbocycles. The third-order valence-corrected chi connectivity index (χ3v) is 6.32. The van der Waals surface area contributed by atoms with Crippen molar-refractivity contribution < 1.29 is 18.3 Å². The van der Waals surface area contributed by atoms with Crippen molar-refractivity contribution in [3.63, 3.8) is 0 Å². The van der Waals surface area contributed by atoms with E-state index in [-0.39, 0.29) is 11.5 Å². The van der Waals surface area contributed by atoms with E-state index in [2.05, 4.69) is 25.6 Å². The summed E-state index contributed by atoms with van der Waals surface area (Å²) in [5.41, 5.74) is 1.88. The Morgan fingerprint density at radius 1 is 1.03 bits per heavy atom. The van der Waals surface area contributed by atoms with Crippen LogP contribution < -0.4 is 9.47 Å². The normalized spacial score (nSPS) is 11.1.